The third kappa shape index (κ3) is 2.05. The van der Waals surface area contributed by atoms with Crippen molar-refractivity contribution in [1.29, 1.82) is 0 Å². The molecule has 0 atom stereocenters. The van der Waals surface area contributed by atoms with Gasteiger partial charge in [0.25, 0.3) is 5.56 Å². The van der Waals surface area contributed by atoms with Crippen molar-refractivity contribution < 1.29 is 14.6 Å². The summed E-state index contributed by atoms with van der Waals surface area (Å²) in [6.07, 6.45) is 0. The average Bonchev–Trinajstić information content (AvgIpc) is 2.42. The summed E-state index contributed by atoms with van der Waals surface area (Å²) < 4.78 is 6.60. The molecule has 20 heavy (non-hydrogen) atoms. The zero-order chi connectivity index (χ0) is 15.1. The van der Waals surface area contributed by atoms with Gasteiger partial charge in [0.15, 0.2) is 0 Å². The molecule has 0 saturated heterocycles. The van der Waals surface area contributed by atoms with E-state index in [1.807, 2.05) is 6.07 Å². The molecule has 1 heterocycles. The molecule has 0 saturated carbocycles. The predicted molar refractivity (Wildman–Crippen MR) is 76.4 cm³/mol. The van der Waals surface area contributed by atoms with Gasteiger partial charge < -0.3 is 14.4 Å². The van der Waals surface area contributed by atoms with E-state index in [4.69, 9.17) is 4.74 Å². The van der Waals surface area contributed by atoms with Crippen molar-refractivity contribution in [3.63, 3.8) is 0 Å². The summed E-state index contributed by atoms with van der Waals surface area (Å²) in [7, 11) is 3.19. The summed E-state index contributed by atoms with van der Waals surface area (Å²) in [6, 6.07) is 7.00. The minimum absolute atomic E-state index is 0.269. The Balaban J connectivity index is 2.82. The minimum Gasteiger partial charge on any atom is -0.497 e. The van der Waals surface area contributed by atoms with E-state index in [0.29, 0.717) is 11.3 Å². The number of carbonyl (C=O) groups is 1. The maximum Gasteiger partial charge on any atom is 0.313 e. The molecule has 1 aromatic carbocycles. The maximum absolute atomic E-state index is 12.4. The molecule has 0 unspecified atom stereocenters. The number of hydrogen-bond donors (Lipinski definition) is 1. The quantitative estimate of drug-likeness (QED) is 0.929. The number of rotatable bonds is 3. The fraction of sp³-hybridized carbons (Fsp3) is 0.333. The van der Waals surface area contributed by atoms with Gasteiger partial charge in [-0.05, 0) is 37.4 Å². The van der Waals surface area contributed by atoms with Crippen LogP contribution in [-0.2, 0) is 17.3 Å². The first-order chi connectivity index (χ1) is 9.28. The normalized spacial score (nSPS) is 11.6. The Morgan fingerprint density at radius 3 is 2.50 bits per heavy atom. The Hall–Kier alpha value is -2.30. The molecular weight excluding hydrogens is 258 g/mol. The molecule has 2 rings (SSSR count). The number of carboxylic acid groups (broad SMARTS) is 1. The third-order valence-corrected chi connectivity index (χ3v) is 3.64. The standard InChI is InChI=1S/C15H17NO4/c1-15(2,14(18)19)11-7-9-5-6-10(20-4)8-12(9)16(3)13(11)17/h5-8H,1-4H3,(H,18,19). The van der Waals surface area contributed by atoms with Crippen molar-refractivity contribution in [3.05, 3.63) is 40.2 Å². The number of aliphatic carboxylic acids is 1. The minimum atomic E-state index is -1.23. The van der Waals surface area contributed by atoms with Crippen LogP contribution in [0.4, 0.5) is 0 Å². The highest BCUT2D eigenvalue weighted by molar-refractivity contribution is 5.85. The summed E-state index contributed by atoms with van der Waals surface area (Å²) in [4.78, 5) is 23.7. The summed E-state index contributed by atoms with van der Waals surface area (Å²) in [5.41, 5.74) is -0.564. The predicted octanol–water partition coefficient (Wildman–Crippen LogP) is 1.91. The zero-order valence-electron chi connectivity index (χ0n) is 11.9. The van der Waals surface area contributed by atoms with Crippen molar-refractivity contribution in [3.8, 4) is 5.75 Å². The van der Waals surface area contributed by atoms with Gasteiger partial charge >= 0.3 is 5.97 Å². The second kappa shape index (κ2) is 4.67. The van der Waals surface area contributed by atoms with Gasteiger partial charge in [-0.3, -0.25) is 9.59 Å². The van der Waals surface area contributed by atoms with Crippen LogP contribution < -0.4 is 10.3 Å². The van der Waals surface area contributed by atoms with Crippen molar-refractivity contribution in [2.24, 2.45) is 7.05 Å². The van der Waals surface area contributed by atoms with Crippen molar-refractivity contribution in [1.82, 2.24) is 4.57 Å². The van der Waals surface area contributed by atoms with Crippen LogP contribution in [0.1, 0.15) is 19.4 Å². The van der Waals surface area contributed by atoms with Crippen LogP contribution in [0, 0.1) is 0 Å². The van der Waals surface area contributed by atoms with E-state index in [1.165, 1.54) is 18.4 Å². The number of nitrogens with zero attached hydrogens (tertiary/aromatic N) is 1. The molecule has 0 amide bonds. The van der Waals surface area contributed by atoms with Gasteiger partial charge in [-0.1, -0.05) is 0 Å². The van der Waals surface area contributed by atoms with Crippen molar-refractivity contribution in [2.45, 2.75) is 19.3 Å². The van der Waals surface area contributed by atoms with Crippen LogP contribution >= 0.6 is 0 Å². The molecule has 106 valence electrons. The fourth-order valence-corrected chi connectivity index (χ4v) is 2.13. The van der Waals surface area contributed by atoms with Crippen LogP contribution in [0.2, 0.25) is 0 Å². The molecule has 0 aliphatic carbocycles. The number of benzene rings is 1. The van der Waals surface area contributed by atoms with Gasteiger partial charge in [-0.25, -0.2) is 0 Å². The highest BCUT2D eigenvalue weighted by Gasteiger charge is 2.33. The number of fused-ring (bicyclic) bond motifs is 1. The molecule has 2 aromatic rings. The number of ether oxygens (including phenoxy) is 1. The Morgan fingerprint density at radius 2 is 1.95 bits per heavy atom. The lowest BCUT2D eigenvalue weighted by molar-refractivity contribution is -0.142. The van der Waals surface area contributed by atoms with Gasteiger partial charge in [-0.2, -0.15) is 0 Å². The second-order valence-corrected chi connectivity index (χ2v) is 5.28. The number of carboxylic acids is 1. The molecule has 0 bridgehead atoms. The van der Waals surface area contributed by atoms with Gasteiger partial charge in [0, 0.05) is 18.7 Å². The summed E-state index contributed by atoms with van der Waals surface area (Å²) >= 11 is 0. The molecule has 1 aromatic heterocycles. The first kappa shape index (κ1) is 14.1. The van der Waals surface area contributed by atoms with Crippen molar-refractivity contribution >= 4 is 16.9 Å². The highest BCUT2D eigenvalue weighted by Crippen LogP contribution is 2.25. The molecule has 0 aliphatic heterocycles. The van der Waals surface area contributed by atoms with Gasteiger partial charge in [-0.15, -0.1) is 0 Å². The smallest absolute Gasteiger partial charge is 0.313 e. The molecule has 0 radical (unpaired) electrons. The lowest BCUT2D eigenvalue weighted by Gasteiger charge is -2.20. The van der Waals surface area contributed by atoms with Crippen LogP contribution in [0.25, 0.3) is 10.9 Å². The summed E-state index contributed by atoms with van der Waals surface area (Å²) in [5, 5.41) is 10.1. The van der Waals surface area contributed by atoms with Gasteiger partial charge in [0.2, 0.25) is 0 Å². The molecular formula is C15H17NO4. The number of methoxy groups -OCH3 is 1. The Kier molecular flexibility index (Phi) is 3.29. The van der Waals surface area contributed by atoms with E-state index in [2.05, 4.69) is 0 Å². The van der Waals surface area contributed by atoms with E-state index in [0.717, 1.165) is 5.39 Å². The Morgan fingerprint density at radius 1 is 1.30 bits per heavy atom. The van der Waals surface area contributed by atoms with E-state index in [9.17, 15) is 14.7 Å². The SMILES string of the molecule is COc1ccc2cc(C(C)(C)C(=O)O)c(=O)n(C)c2c1. The fourth-order valence-electron chi connectivity index (χ4n) is 2.13. The number of aryl methyl sites for hydroxylation is 1. The van der Waals surface area contributed by atoms with Crippen molar-refractivity contribution in [2.75, 3.05) is 7.11 Å². The molecule has 0 spiro atoms. The van der Waals surface area contributed by atoms with Crippen LogP contribution in [0.15, 0.2) is 29.1 Å². The number of aromatic nitrogens is 1. The van der Waals surface area contributed by atoms with Gasteiger partial charge in [0.1, 0.15) is 5.75 Å². The Bertz CT molecular complexity index is 743. The first-order valence-electron chi connectivity index (χ1n) is 6.20. The van der Waals surface area contributed by atoms with Crippen LogP contribution in [0.5, 0.6) is 5.75 Å². The molecule has 5 nitrogen and oxygen atoms in total. The molecule has 0 fully saturated rings. The highest BCUT2D eigenvalue weighted by atomic mass is 16.5. The second-order valence-electron chi connectivity index (χ2n) is 5.28. The van der Waals surface area contributed by atoms with E-state index in [1.54, 1.807) is 32.4 Å². The molecule has 5 heteroatoms. The third-order valence-electron chi connectivity index (χ3n) is 3.64. The Labute approximate surface area is 116 Å². The van der Waals surface area contributed by atoms with Crippen LogP contribution in [-0.4, -0.2) is 22.8 Å². The summed E-state index contributed by atoms with van der Waals surface area (Å²) in [6.45, 7) is 3.06. The zero-order valence-corrected chi connectivity index (χ0v) is 11.9. The average molecular weight is 275 g/mol. The number of pyridine rings is 1. The lowest BCUT2D eigenvalue weighted by Crippen LogP contribution is -2.37. The first-order valence-corrected chi connectivity index (χ1v) is 6.20. The molecule has 1 N–H and O–H groups in total. The number of hydrogen-bond acceptors (Lipinski definition) is 3. The lowest BCUT2D eigenvalue weighted by atomic mass is 9.85. The van der Waals surface area contributed by atoms with E-state index >= 15 is 0 Å². The summed E-state index contributed by atoms with van der Waals surface area (Å²) in [5.74, 6) is -0.375. The molecule has 0 aliphatic rings. The largest absolute Gasteiger partial charge is 0.497 e. The topological polar surface area (TPSA) is 68.5 Å². The monoisotopic (exact) mass is 275 g/mol. The maximum atomic E-state index is 12.4. The van der Waals surface area contributed by atoms with E-state index in [-0.39, 0.29) is 11.1 Å². The van der Waals surface area contributed by atoms with E-state index < -0.39 is 11.4 Å². The van der Waals surface area contributed by atoms with Crippen LogP contribution in [0.3, 0.4) is 0 Å². The van der Waals surface area contributed by atoms with Gasteiger partial charge in [0.05, 0.1) is 18.0 Å².